The van der Waals surface area contributed by atoms with Crippen LogP contribution in [0.15, 0.2) is 33.6 Å². The Morgan fingerprint density at radius 3 is 2.21 bits per heavy atom. The minimum absolute atomic E-state index is 0. The van der Waals surface area contributed by atoms with Crippen LogP contribution in [-0.4, -0.2) is 20.5 Å². The van der Waals surface area contributed by atoms with E-state index >= 15 is 0 Å². The van der Waals surface area contributed by atoms with Gasteiger partial charge < -0.3 is 5.73 Å². The van der Waals surface area contributed by atoms with E-state index < -0.39 is 15.6 Å². The SMILES string of the molecule is Cl.NCC1(NS(=O)(=O)c2ccc(Br)cc2)CCCC1. The average Bonchev–Trinajstić information content (AvgIpc) is 2.78. The number of nitrogens with one attached hydrogen (secondary N) is 1. The Bertz CT molecular complexity index is 513. The van der Waals surface area contributed by atoms with Crippen LogP contribution in [0, 0.1) is 0 Å². The lowest BCUT2D eigenvalue weighted by molar-refractivity contribution is 0.399. The predicted octanol–water partition coefficient (Wildman–Crippen LogP) is 2.42. The molecule has 1 saturated carbocycles. The molecule has 0 atom stereocenters. The van der Waals surface area contributed by atoms with E-state index in [-0.39, 0.29) is 17.3 Å². The van der Waals surface area contributed by atoms with Gasteiger partial charge in [0.1, 0.15) is 0 Å². The molecule has 0 heterocycles. The molecule has 1 aromatic rings. The van der Waals surface area contributed by atoms with Gasteiger partial charge in [-0.3, -0.25) is 0 Å². The van der Waals surface area contributed by atoms with Gasteiger partial charge in [-0.2, -0.15) is 0 Å². The molecular weight excluding hydrogens is 352 g/mol. The third kappa shape index (κ3) is 3.92. The number of nitrogens with two attached hydrogens (primary N) is 1. The normalized spacial score (nSPS) is 18.0. The summed E-state index contributed by atoms with van der Waals surface area (Å²) in [6, 6.07) is 6.62. The largest absolute Gasteiger partial charge is 0.329 e. The summed E-state index contributed by atoms with van der Waals surface area (Å²) < 4.78 is 28.2. The zero-order chi connectivity index (χ0) is 13.2. The minimum atomic E-state index is -3.48. The Balaban J connectivity index is 0.00000180. The van der Waals surface area contributed by atoms with Crippen molar-refractivity contribution in [1.29, 1.82) is 0 Å². The van der Waals surface area contributed by atoms with E-state index in [2.05, 4.69) is 20.7 Å². The molecule has 0 amide bonds. The molecule has 108 valence electrons. The molecule has 0 spiro atoms. The lowest BCUT2D eigenvalue weighted by atomic mass is 10.0. The molecule has 0 bridgehead atoms. The molecule has 19 heavy (non-hydrogen) atoms. The summed E-state index contributed by atoms with van der Waals surface area (Å²) in [5.41, 5.74) is 5.29. The maximum Gasteiger partial charge on any atom is 0.241 e. The van der Waals surface area contributed by atoms with Crippen molar-refractivity contribution in [1.82, 2.24) is 4.72 Å². The van der Waals surface area contributed by atoms with E-state index in [4.69, 9.17) is 5.73 Å². The van der Waals surface area contributed by atoms with Gasteiger partial charge >= 0.3 is 0 Å². The number of halogens is 2. The molecule has 1 aliphatic rings. The van der Waals surface area contributed by atoms with Crippen molar-refractivity contribution in [3.8, 4) is 0 Å². The molecule has 0 aromatic heterocycles. The van der Waals surface area contributed by atoms with Crippen LogP contribution in [0.4, 0.5) is 0 Å². The highest BCUT2D eigenvalue weighted by molar-refractivity contribution is 9.10. The standard InChI is InChI=1S/C12H17BrN2O2S.ClH/c13-10-3-5-11(6-4-10)18(16,17)15-12(9-14)7-1-2-8-12;/h3-6,15H,1-2,7-9,14H2;1H. The topological polar surface area (TPSA) is 72.2 Å². The molecule has 0 saturated heterocycles. The second kappa shape index (κ2) is 6.54. The fraction of sp³-hybridized carbons (Fsp3) is 0.500. The Hall–Kier alpha value is -0.140. The quantitative estimate of drug-likeness (QED) is 0.856. The van der Waals surface area contributed by atoms with Gasteiger partial charge in [0, 0.05) is 16.6 Å². The van der Waals surface area contributed by atoms with Crippen LogP contribution in [0.2, 0.25) is 0 Å². The molecule has 3 N–H and O–H groups in total. The van der Waals surface area contributed by atoms with Crippen LogP contribution < -0.4 is 10.5 Å². The summed E-state index contributed by atoms with van der Waals surface area (Å²) in [6.07, 6.45) is 3.69. The van der Waals surface area contributed by atoms with Crippen LogP contribution in [0.5, 0.6) is 0 Å². The Labute approximate surface area is 128 Å². The van der Waals surface area contributed by atoms with Gasteiger partial charge in [0.15, 0.2) is 0 Å². The van der Waals surface area contributed by atoms with Gasteiger partial charge in [0.25, 0.3) is 0 Å². The molecule has 1 aliphatic carbocycles. The van der Waals surface area contributed by atoms with E-state index in [0.717, 1.165) is 30.2 Å². The monoisotopic (exact) mass is 368 g/mol. The fourth-order valence-electron chi connectivity index (χ4n) is 2.36. The van der Waals surface area contributed by atoms with E-state index in [1.807, 2.05) is 0 Å². The molecule has 1 fully saturated rings. The number of rotatable bonds is 4. The van der Waals surface area contributed by atoms with Crippen molar-refractivity contribution in [2.75, 3.05) is 6.54 Å². The Kier molecular flexibility index (Phi) is 5.82. The first-order valence-corrected chi connectivity index (χ1v) is 8.25. The summed E-state index contributed by atoms with van der Waals surface area (Å²) in [5, 5.41) is 0. The van der Waals surface area contributed by atoms with Crippen LogP contribution in [0.25, 0.3) is 0 Å². The van der Waals surface area contributed by atoms with Crippen molar-refractivity contribution >= 4 is 38.4 Å². The summed E-state index contributed by atoms with van der Waals surface area (Å²) in [4.78, 5) is 0.283. The van der Waals surface area contributed by atoms with Crippen LogP contribution >= 0.6 is 28.3 Å². The van der Waals surface area contributed by atoms with Crippen LogP contribution in [0.1, 0.15) is 25.7 Å². The van der Waals surface area contributed by atoms with Gasteiger partial charge in [-0.1, -0.05) is 28.8 Å². The summed E-state index contributed by atoms with van der Waals surface area (Å²) in [6.45, 7) is 0.350. The Morgan fingerprint density at radius 1 is 1.21 bits per heavy atom. The molecule has 7 heteroatoms. The second-order valence-corrected chi connectivity index (χ2v) is 7.35. The lowest BCUT2D eigenvalue weighted by Gasteiger charge is -2.28. The van der Waals surface area contributed by atoms with E-state index in [9.17, 15) is 8.42 Å². The first-order valence-electron chi connectivity index (χ1n) is 5.97. The third-order valence-electron chi connectivity index (χ3n) is 3.43. The van der Waals surface area contributed by atoms with Crippen LogP contribution in [-0.2, 0) is 10.0 Å². The van der Waals surface area contributed by atoms with Crippen molar-refractivity contribution in [2.45, 2.75) is 36.1 Å². The fourth-order valence-corrected chi connectivity index (χ4v) is 4.09. The minimum Gasteiger partial charge on any atom is -0.329 e. The van der Waals surface area contributed by atoms with Gasteiger partial charge in [0.2, 0.25) is 10.0 Å². The molecule has 0 radical (unpaired) electrons. The van der Waals surface area contributed by atoms with Gasteiger partial charge in [-0.25, -0.2) is 13.1 Å². The van der Waals surface area contributed by atoms with E-state index in [1.54, 1.807) is 24.3 Å². The van der Waals surface area contributed by atoms with Crippen molar-refractivity contribution < 1.29 is 8.42 Å². The molecule has 0 aliphatic heterocycles. The Morgan fingerprint density at radius 2 is 1.74 bits per heavy atom. The summed E-state index contributed by atoms with van der Waals surface area (Å²) >= 11 is 3.29. The number of hydrogen-bond donors (Lipinski definition) is 2. The van der Waals surface area contributed by atoms with Gasteiger partial charge in [-0.05, 0) is 37.1 Å². The molecular formula is C12H18BrClN2O2S. The maximum atomic E-state index is 12.3. The van der Waals surface area contributed by atoms with Crippen molar-refractivity contribution in [3.63, 3.8) is 0 Å². The molecule has 2 rings (SSSR count). The van der Waals surface area contributed by atoms with Crippen LogP contribution in [0.3, 0.4) is 0 Å². The molecule has 1 aromatic carbocycles. The molecule has 0 unspecified atom stereocenters. The van der Waals surface area contributed by atoms with Gasteiger partial charge in [0.05, 0.1) is 4.90 Å². The lowest BCUT2D eigenvalue weighted by Crippen LogP contribution is -2.51. The summed E-state index contributed by atoms with van der Waals surface area (Å²) in [7, 11) is -3.48. The predicted molar refractivity (Wildman–Crippen MR) is 82.0 cm³/mol. The number of sulfonamides is 1. The highest BCUT2D eigenvalue weighted by Crippen LogP contribution is 2.30. The van der Waals surface area contributed by atoms with Crippen molar-refractivity contribution in [2.24, 2.45) is 5.73 Å². The number of benzene rings is 1. The van der Waals surface area contributed by atoms with E-state index in [0.29, 0.717) is 6.54 Å². The summed E-state index contributed by atoms with van der Waals surface area (Å²) in [5.74, 6) is 0. The smallest absolute Gasteiger partial charge is 0.241 e. The van der Waals surface area contributed by atoms with E-state index in [1.165, 1.54) is 0 Å². The number of hydrogen-bond acceptors (Lipinski definition) is 3. The molecule has 4 nitrogen and oxygen atoms in total. The highest BCUT2D eigenvalue weighted by atomic mass is 79.9. The first kappa shape index (κ1) is 16.9. The second-order valence-electron chi connectivity index (χ2n) is 4.75. The van der Waals surface area contributed by atoms with Crippen molar-refractivity contribution in [3.05, 3.63) is 28.7 Å². The highest BCUT2D eigenvalue weighted by Gasteiger charge is 2.36. The third-order valence-corrected chi connectivity index (χ3v) is 5.55. The average molecular weight is 370 g/mol. The zero-order valence-electron chi connectivity index (χ0n) is 10.4. The van der Waals surface area contributed by atoms with Gasteiger partial charge in [-0.15, -0.1) is 12.4 Å². The first-order chi connectivity index (χ1) is 8.47. The maximum absolute atomic E-state index is 12.3. The zero-order valence-corrected chi connectivity index (χ0v) is 13.7.